The van der Waals surface area contributed by atoms with E-state index in [0.29, 0.717) is 25.2 Å². The number of benzene rings is 1. The summed E-state index contributed by atoms with van der Waals surface area (Å²) in [7, 11) is -1.94. The summed E-state index contributed by atoms with van der Waals surface area (Å²) < 4.78 is 28.8. The van der Waals surface area contributed by atoms with Gasteiger partial charge in [-0.15, -0.1) is 0 Å². The lowest BCUT2D eigenvalue weighted by Crippen LogP contribution is -2.35. The van der Waals surface area contributed by atoms with Crippen molar-refractivity contribution in [1.29, 1.82) is 0 Å². The van der Waals surface area contributed by atoms with Crippen molar-refractivity contribution in [3.05, 3.63) is 47.8 Å². The Kier molecular flexibility index (Phi) is 7.73. The van der Waals surface area contributed by atoms with E-state index in [-0.39, 0.29) is 34.9 Å². The fourth-order valence-electron chi connectivity index (χ4n) is 3.77. The summed E-state index contributed by atoms with van der Waals surface area (Å²) in [4.78, 5) is 24.9. The van der Waals surface area contributed by atoms with Gasteiger partial charge in [0.2, 0.25) is 15.9 Å². The topological polar surface area (TPSA) is 101 Å². The fraction of sp³-hybridized carbons (Fsp3) is 0.478. The molecule has 2 N–H and O–H groups in total. The number of carbonyl (C=O) groups excluding carboxylic acids is 2. The normalized spacial score (nSPS) is 15.0. The minimum absolute atomic E-state index is 0.0487. The van der Waals surface area contributed by atoms with Crippen molar-refractivity contribution < 1.29 is 18.0 Å². The SMILES string of the molecule is CC(C)CC(=O)Nc1cccc(CNC(=O)c2cc(S(=O)(=O)N3CCCCC3)cn2C)c1. The van der Waals surface area contributed by atoms with Gasteiger partial charge < -0.3 is 15.2 Å². The van der Waals surface area contributed by atoms with E-state index in [0.717, 1.165) is 24.8 Å². The zero-order valence-corrected chi connectivity index (χ0v) is 19.7. The number of hydrogen-bond acceptors (Lipinski definition) is 4. The van der Waals surface area contributed by atoms with Crippen LogP contribution in [0.5, 0.6) is 0 Å². The van der Waals surface area contributed by atoms with E-state index >= 15 is 0 Å². The second-order valence-corrected chi connectivity index (χ2v) is 10.6. The zero-order valence-electron chi connectivity index (χ0n) is 18.9. The average molecular weight is 461 g/mol. The molecule has 2 amide bonds. The zero-order chi connectivity index (χ0) is 23.3. The van der Waals surface area contributed by atoms with E-state index < -0.39 is 10.0 Å². The molecule has 0 saturated carbocycles. The van der Waals surface area contributed by atoms with Gasteiger partial charge in [-0.1, -0.05) is 32.4 Å². The van der Waals surface area contributed by atoms with E-state index in [4.69, 9.17) is 0 Å². The number of anilines is 1. The number of aromatic nitrogens is 1. The molecule has 0 spiro atoms. The fourth-order valence-corrected chi connectivity index (χ4v) is 5.36. The molecule has 0 unspecified atom stereocenters. The molecule has 1 aliphatic heterocycles. The molecular weight excluding hydrogens is 428 g/mol. The van der Waals surface area contributed by atoms with Crippen LogP contribution < -0.4 is 10.6 Å². The van der Waals surface area contributed by atoms with Crippen LogP contribution in [0.4, 0.5) is 5.69 Å². The van der Waals surface area contributed by atoms with Crippen LogP contribution in [0.3, 0.4) is 0 Å². The molecule has 32 heavy (non-hydrogen) atoms. The first-order valence-corrected chi connectivity index (χ1v) is 12.4. The lowest BCUT2D eigenvalue weighted by Gasteiger charge is -2.25. The second-order valence-electron chi connectivity index (χ2n) is 8.67. The highest BCUT2D eigenvalue weighted by molar-refractivity contribution is 7.89. The molecule has 1 saturated heterocycles. The number of nitrogens with zero attached hydrogens (tertiary/aromatic N) is 2. The highest BCUT2D eigenvalue weighted by Crippen LogP contribution is 2.22. The van der Waals surface area contributed by atoms with Crippen molar-refractivity contribution in [2.45, 2.75) is 51.0 Å². The second kappa shape index (κ2) is 10.3. The van der Waals surface area contributed by atoms with Gasteiger partial charge in [0.1, 0.15) is 10.6 Å². The Balaban J connectivity index is 1.64. The summed E-state index contributed by atoms with van der Waals surface area (Å²) in [6, 6.07) is 8.73. The van der Waals surface area contributed by atoms with Crippen LogP contribution in [0.25, 0.3) is 0 Å². The molecule has 2 heterocycles. The summed E-state index contributed by atoms with van der Waals surface area (Å²) in [5, 5.41) is 5.70. The highest BCUT2D eigenvalue weighted by Gasteiger charge is 2.28. The predicted molar refractivity (Wildman–Crippen MR) is 124 cm³/mol. The summed E-state index contributed by atoms with van der Waals surface area (Å²) in [6.07, 6.45) is 4.69. The molecule has 2 aromatic rings. The third kappa shape index (κ3) is 5.98. The lowest BCUT2D eigenvalue weighted by molar-refractivity contribution is -0.116. The van der Waals surface area contributed by atoms with Gasteiger partial charge in [0.05, 0.1) is 0 Å². The lowest BCUT2D eigenvalue weighted by atomic mass is 10.1. The van der Waals surface area contributed by atoms with Gasteiger partial charge in [-0.3, -0.25) is 9.59 Å². The predicted octanol–water partition coefficient (Wildman–Crippen LogP) is 3.11. The van der Waals surface area contributed by atoms with E-state index in [1.807, 2.05) is 32.0 Å². The maximum Gasteiger partial charge on any atom is 0.268 e. The minimum Gasteiger partial charge on any atom is -0.347 e. The molecule has 1 fully saturated rings. The largest absolute Gasteiger partial charge is 0.347 e. The molecule has 3 rings (SSSR count). The van der Waals surface area contributed by atoms with Crippen molar-refractivity contribution in [2.75, 3.05) is 18.4 Å². The monoisotopic (exact) mass is 460 g/mol. The maximum atomic E-state index is 12.9. The van der Waals surface area contributed by atoms with Crippen LogP contribution in [-0.4, -0.2) is 42.2 Å². The average Bonchev–Trinajstić information content (AvgIpc) is 3.15. The van der Waals surface area contributed by atoms with Crippen LogP contribution in [0.1, 0.15) is 55.6 Å². The Hall–Kier alpha value is -2.65. The molecule has 0 bridgehead atoms. The van der Waals surface area contributed by atoms with E-state index in [1.165, 1.54) is 21.1 Å². The molecule has 0 aliphatic carbocycles. The third-order valence-corrected chi connectivity index (χ3v) is 7.29. The van der Waals surface area contributed by atoms with Crippen molar-refractivity contribution in [3.8, 4) is 0 Å². The highest BCUT2D eigenvalue weighted by atomic mass is 32.2. The van der Waals surface area contributed by atoms with E-state index in [2.05, 4.69) is 10.6 Å². The van der Waals surface area contributed by atoms with Gasteiger partial charge in [-0.25, -0.2) is 8.42 Å². The number of hydrogen-bond donors (Lipinski definition) is 2. The van der Waals surface area contributed by atoms with E-state index in [1.54, 1.807) is 13.1 Å². The van der Waals surface area contributed by atoms with Crippen LogP contribution in [-0.2, 0) is 28.4 Å². The summed E-state index contributed by atoms with van der Waals surface area (Å²) in [5.74, 6) is -0.138. The van der Waals surface area contributed by atoms with E-state index in [9.17, 15) is 18.0 Å². The van der Waals surface area contributed by atoms with Crippen LogP contribution in [0.15, 0.2) is 41.4 Å². The van der Waals surface area contributed by atoms with Crippen molar-refractivity contribution in [1.82, 2.24) is 14.2 Å². The molecule has 174 valence electrons. The molecule has 9 heteroatoms. The number of sulfonamides is 1. The van der Waals surface area contributed by atoms with Crippen LogP contribution in [0, 0.1) is 5.92 Å². The number of carbonyl (C=O) groups is 2. The maximum absolute atomic E-state index is 12.9. The van der Waals surface area contributed by atoms with Crippen molar-refractivity contribution in [2.24, 2.45) is 13.0 Å². The Morgan fingerprint density at radius 3 is 2.50 bits per heavy atom. The first-order chi connectivity index (χ1) is 15.2. The van der Waals surface area contributed by atoms with Crippen molar-refractivity contribution in [3.63, 3.8) is 0 Å². The van der Waals surface area contributed by atoms with Gasteiger partial charge in [0.15, 0.2) is 0 Å². The summed E-state index contributed by atoms with van der Waals surface area (Å²) >= 11 is 0. The molecule has 1 aromatic heterocycles. The smallest absolute Gasteiger partial charge is 0.268 e. The first kappa shape index (κ1) is 24.0. The number of nitrogens with one attached hydrogen (secondary N) is 2. The summed E-state index contributed by atoms with van der Waals surface area (Å²) in [5.41, 5.74) is 1.79. The van der Waals surface area contributed by atoms with Gasteiger partial charge in [-0.2, -0.15) is 4.31 Å². The van der Waals surface area contributed by atoms with Crippen LogP contribution >= 0.6 is 0 Å². The number of piperidine rings is 1. The number of aryl methyl sites for hydroxylation is 1. The quantitative estimate of drug-likeness (QED) is 0.632. The molecular formula is C23H32N4O4S. The Bertz CT molecular complexity index is 1070. The molecule has 0 radical (unpaired) electrons. The summed E-state index contributed by atoms with van der Waals surface area (Å²) in [6.45, 7) is 5.26. The van der Waals surface area contributed by atoms with Gasteiger partial charge in [-0.05, 0) is 42.5 Å². The molecule has 8 nitrogen and oxygen atoms in total. The van der Waals surface area contributed by atoms with Gasteiger partial charge in [0.25, 0.3) is 5.91 Å². The van der Waals surface area contributed by atoms with Crippen LogP contribution in [0.2, 0.25) is 0 Å². The first-order valence-electron chi connectivity index (χ1n) is 11.0. The van der Waals surface area contributed by atoms with Crippen molar-refractivity contribution >= 4 is 27.5 Å². The van der Waals surface area contributed by atoms with Gasteiger partial charge in [0, 0.05) is 45.0 Å². The molecule has 0 atom stereocenters. The minimum atomic E-state index is -3.60. The van der Waals surface area contributed by atoms with Gasteiger partial charge >= 0.3 is 0 Å². The Labute approximate surface area is 190 Å². The third-order valence-electron chi connectivity index (χ3n) is 5.42. The standard InChI is InChI=1S/C23H32N4O4S/c1-17(2)12-22(28)25-19-9-7-8-18(13-19)15-24-23(29)21-14-20(16-26(21)3)32(30,31)27-10-5-4-6-11-27/h7-9,13-14,16-17H,4-6,10-12,15H2,1-3H3,(H,24,29)(H,25,28). The number of rotatable bonds is 8. The number of amides is 2. The Morgan fingerprint density at radius 1 is 1.09 bits per heavy atom. The Morgan fingerprint density at radius 2 is 1.81 bits per heavy atom. The molecule has 1 aliphatic rings. The molecule has 1 aromatic carbocycles.